The Morgan fingerprint density at radius 1 is 0.805 bits per heavy atom. The Balaban J connectivity index is 2.18. The molecule has 0 aliphatic rings. The van der Waals surface area contributed by atoms with Crippen molar-refractivity contribution in [2.75, 3.05) is 21.3 Å². The largest absolute Gasteiger partial charge is 0.496 e. The zero-order valence-electron chi connectivity index (χ0n) is 26.6. The van der Waals surface area contributed by atoms with Gasteiger partial charge in [0.25, 0.3) is 0 Å². The molecule has 0 saturated heterocycles. The number of ketones is 1. The molecule has 7 nitrogen and oxygen atoms in total. The van der Waals surface area contributed by atoms with Crippen LogP contribution in [0.1, 0.15) is 72.9 Å². The van der Waals surface area contributed by atoms with Gasteiger partial charge in [-0.05, 0) is 72.6 Å². The van der Waals surface area contributed by atoms with Crippen LogP contribution in [-0.4, -0.2) is 49.5 Å². The van der Waals surface area contributed by atoms with E-state index in [9.17, 15) is 9.59 Å². The number of carbonyl (C=O) groups is 2. The lowest BCUT2D eigenvalue weighted by Crippen LogP contribution is -2.36. The lowest BCUT2D eigenvalue weighted by molar-refractivity contribution is -0.134. The third kappa shape index (κ3) is 11.2. The Hall–Kier alpha value is -2.71. The molecule has 2 aromatic rings. The zero-order chi connectivity index (χ0) is 31.0. The van der Waals surface area contributed by atoms with Gasteiger partial charge in [0.1, 0.15) is 34.4 Å². The summed E-state index contributed by atoms with van der Waals surface area (Å²) < 4.78 is 28.5. The summed E-state index contributed by atoms with van der Waals surface area (Å²) in [7, 11) is 4.71. The summed E-state index contributed by atoms with van der Waals surface area (Å²) in [6.07, 6.45) is 0.240. The third-order valence-electron chi connectivity index (χ3n) is 6.44. The molecule has 0 spiro atoms. The van der Waals surface area contributed by atoms with E-state index in [0.717, 1.165) is 28.6 Å². The van der Waals surface area contributed by atoms with Gasteiger partial charge in [0.15, 0.2) is 5.12 Å². The van der Waals surface area contributed by atoms with Crippen LogP contribution < -0.4 is 18.9 Å². The summed E-state index contributed by atoms with van der Waals surface area (Å²) in [6, 6.07) is 11.4. The van der Waals surface area contributed by atoms with Gasteiger partial charge in [0.05, 0.1) is 39.0 Å². The first-order chi connectivity index (χ1) is 19.1. The molecule has 228 valence electrons. The Kier molecular flexibility index (Phi) is 12.6. The number of rotatable bonds is 14. The van der Waals surface area contributed by atoms with E-state index in [-0.39, 0.29) is 28.8 Å². The molecule has 0 N–H and O–H groups in total. The minimum Gasteiger partial charge on any atom is -0.496 e. The molecule has 0 heterocycles. The van der Waals surface area contributed by atoms with Crippen LogP contribution in [0.3, 0.4) is 0 Å². The highest BCUT2D eigenvalue weighted by molar-refractivity contribution is 8.13. The Bertz CT molecular complexity index is 1120. The van der Waals surface area contributed by atoms with E-state index in [0.29, 0.717) is 29.4 Å². The molecule has 3 atom stereocenters. The number of thioether (sulfide) groups is 1. The van der Waals surface area contributed by atoms with Gasteiger partial charge in [-0.3, -0.25) is 9.59 Å². The first-order valence-electron chi connectivity index (χ1n) is 14.0. The number of hydrogen-bond acceptors (Lipinski definition) is 8. The number of Topliss-reactive ketones (excluding diaryl/α,β-unsaturated/α-hetero) is 1. The van der Waals surface area contributed by atoms with Crippen molar-refractivity contribution in [1.82, 2.24) is 0 Å². The Morgan fingerprint density at radius 2 is 1.37 bits per heavy atom. The van der Waals surface area contributed by atoms with Crippen LogP contribution in [0.15, 0.2) is 36.4 Å². The van der Waals surface area contributed by atoms with E-state index in [2.05, 4.69) is 0 Å². The third-order valence-corrected chi connectivity index (χ3v) is 7.46. The molecule has 41 heavy (non-hydrogen) atoms. The van der Waals surface area contributed by atoms with Gasteiger partial charge in [-0.15, -0.1) is 0 Å². The maximum atomic E-state index is 13.6. The summed E-state index contributed by atoms with van der Waals surface area (Å²) >= 11 is 1.14. The first-order valence-corrected chi connectivity index (χ1v) is 15.0. The predicted octanol–water partition coefficient (Wildman–Crippen LogP) is 7.31. The van der Waals surface area contributed by atoms with Crippen LogP contribution in [0.5, 0.6) is 23.0 Å². The topological polar surface area (TPSA) is 80.3 Å². The van der Waals surface area contributed by atoms with Crippen LogP contribution in [0.25, 0.3) is 0 Å². The molecule has 0 aliphatic carbocycles. The highest BCUT2D eigenvalue weighted by Gasteiger charge is 2.33. The summed E-state index contributed by atoms with van der Waals surface area (Å²) in [5.41, 5.74) is 1.05. The highest BCUT2D eigenvalue weighted by Crippen LogP contribution is 2.38. The molecular formula is C33H48O7S. The Morgan fingerprint density at radius 3 is 1.83 bits per heavy atom. The van der Waals surface area contributed by atoms with Crippen molar-refractivity contribution in [3.63, 3.8) is 0 Å². The van der Waals surface area contributed by atoms with E-state index in [4.69, 9.17) is 23.7 Å². The SMILES string of the molecule is COc1cc(OC)c(CSC(=O)[C@@H](CC(=O)[C@@H](C)Cc2ccc(OC(C)(C)C)cc2)[C@@H](C)OC(C)(C)C)c(OC)c1. The lowest BCUT2D eigenvalue weighted by atomic mass is 9.89. The average molecular weight is 589 g/mol. The van der Waals surface area contributed by atoms with Gasteiger partial charge in [-0.25, -0.2) is 0 Å². The molecule has 0 fully saturated rings. The van der Waals surface area contributed by atoms with Crippen LogP contribution >= 0.6 is 11.8 Å². The van der Waals surface area contributed by atoms with E-state index >= 15 is 0 Å². The molecule has 0 bridgehead atoms. The van der Waals surface area contributed by atoms with Gasteiger partial charge in [0.2, 0.25) is 0 Å². The van der Waals surface area contributed by atoms with Gasteiger partial charge in [0, 0.05) is 35.8 Å². The van der Waals surface area contributed by atoms with Crippen LogP contribution in [0, 0.1) is 11.8 Å². The van der Waals surface area contributed by atoms with Gasteiger partial charge in [-0.1, -0.05) is 30.8 Å². The smallest absolute Gasteiger partial charge is 0.195 e. The number of methoxy groups -OCH3 is 3. The maximum absolute atomic E-state index is 13.6. The molecule has 0 unspecified atom stereocenters. The van der Waals surface area contributed by atoms with Crippen molar-refractivity contribution in [2.24, 2.45) is 11.8 Å². The number of ether oxygens (including phenoxy) is 5. The van der Waals surface area contributed by atoms with Crippen molar-refractivity contribution >= 4 is 22.7 Å². The number of carbonyl (C=O) groups excluding carboxylic acids is 2. The first kappa shape index (κ1) is 34.5. The predicted molar refractivity (Wildman–Crippen MR) is 166 cm³/mol. The zero-order valence-corrected chi connectivity index (χ0v) is 27.4. The van der Waals surface area contributed by atoms with Gasteiger partial charge >= 0.3 is 0 Å². The van der Waals surface area contributed by atoms with E-state index < -0.39 is 17.6 Å². The molecule has 0 radical (unpaired) electrons. The highest BCUT2D eigenvalue weighted by atomic mass is 32.2. The summed E-state index contributed by atoms with van der Waals surface area (Å²) in [5, 5.41) is -0.106. The molecule has 0 saturated carbocycles. The standard InChI is InChI=1S/C33H48O7S/c1-21(16-23-12-14-24(15-13-23)40-33(6,7)8)28(34)19-26(22(2)39-32(3,4)5)31(35)41-20-27-29(37-10)17-25(36-9)18-30(27)38-11/h12-15,17-18,21-22,26H,16,19-20H2,1-11H3/t21-,22+,26-/m0/s1. The second-order valence-corrected chi connectivity index (χ2v) is 13.3. The maximum Gasteiger partial charge on any atom is 0.195 e. The fourth-order valence-corrected chi connectivity index (χ4v) is 5.54. The lowest BCUT2D eigenvalue weighted by Gasteiger charge is -2.30. The van der Waals surface area contributed by atoms with Crippen LogP contribution in [-0.2, 0) is 26.5 Å². The minimum atomic E-state index is -0.605. The van der Waals surface area contributed by atoms with Crippen LogP contribution in [0.2, 0.25) is 0 Å². The molecule has 0 amide bonds. The van der Waals surface area contributed by atoms with E-state index in [1.165, 1.54) is 0 Å². The second-order valence-electron chi connectivity index (χ2n) is 12.3. The molecular weight excluding hydrogens is 540 g/mol. The monoisotopic (exact) mass is 588 g/mol. The Labute approximate surface area is 250 Å². The van der Waals surface area contributed by atoms with Crippen molar-refractivity contribution in [2.45, 2.75) is 91.3 Å². The molecule has 0 aliphatic heterocycles. The molecule has 8 heteroatoms. The summed E-state index contributed by atoms with van der Waals surface area (Å²) in [4.78, 5) is 27.1. The minimum absolute atomic E-state index is 0.0305. The number of benzene rings is 2. The average Bonchev–Trinajstić information content (AvgIpc) is 2.88. The molecule has 0 aromatic heterocycles. The molecule has 2 rings (SSSR count). The second kappa shape index (κ2) is 15.0. The van der Waals surface area contributed by atoms with Crippen LogP contribution in [0.4, 0.5) is 0 Å². The molecule has 2 aromatic carbocycles. The van der Waals surface area contributed by atoms with E-state index in [1.54, 1.807) is 33.5 Å². The van der Waals surface area contributed by atoms with Gasteiger partial charge in [-0.2, -0.15) is 0 Å². The normalized spacial score (nSPS) is 14.1. The van der Waals surface area contributed by atoms with E-state index in [1.807, 2.05) is 79.7 Å². The van der Waals surface area contributed by atoms with Gasteiger partial charge < -0.3 is 23.7 Å². The van der Waals surface area contributed by atoms with Crippen molar-refractivity contribution in [3.05, 3.63) is 47.5 Å². The number of hydrogen-bond donors (Lipinski definition) is 0. The summed E-state index contributed by atoms with van der Waals surface area (Å²) in [5.74, 6) is 2.02. The fraction of sp³-hybridized carbons (Fsp3) is 0.576. The quantitative estimate of drug-likeness (QED) is 0.227. The van der Waals surface area contributed by atoms with Crippen molar-refractivity contribution in [3.8, 4) is 23.0 Å². The van der Waals surface area contributed by atoms with Crippen molar-refractivity contribution in [1.29, 1.82) is 0 Å². The summed E-state index contributed by atoms with van der Waals surface area (Å²) in [6.45, 7) is 15.6. The van der Waals surface area contributed by atoms with Crippen molar-refractivity contribution < 1.29 is 33.3 Å². The fourth-order valence-electron chi connectivity index (χ4n) is 4.48.